The molecule has 0 aliphatic heterocycles. The minimum absolute atomic E-state index is 0.0944. The zero-order chi connectivity index (χ0) is 31.1. The van der Waals surface area contributed by atoms with E-state index >= 15 is 0 Å². The van der Waals surface area contributed by atoms with Crippen molar-refractivity contribution in [2.45, 2.75) is 96.2 Å². The fourth-order valence-electron chi connectivity index (χ4n) is 5.51. The SMILES string of the molecule is Cc1ccc(S(=O)(=O)N(CC(=O)N(Cc2ccccc2C)[C@H](C)C(=O)NC2CCCCC2)c2ccc(C(C)C)cc2)cc1. The third kappa shape index (κ3) is 8.05. The number of aryl methyl sites for hydroxylation is 2. The van der Waals surface area contributed by atoms with Crippen molar-refractivity contribution in [3.8, 4) is 0 Å². The summed E-state index contributed by atoms with van der Waals surface area (Å²) < 4.78 is 29.3. The van der Waals surface area contributed by atoms with Gasteiger partial charge in [0, 0.05) is 12.6 Å². The molecule has 4 rings (SSSR count). The number of sulfonamides is 1. The first-order valence-electron chi connectivity index (χ1n) is 15.3. The number of amides is 2. The zero-order valence-electron chi connectivity index (χ0n) is 26.0. The number of nitrogens with one attached hydrogen (secondary N) is 1. The van der Waals surface area contributed by atoms with Gasteiger partial charge in [-0.05, 0) is 80.5 Å². The molecule has 2 amide bonds. The maximum atomic E-state index is 14.2. The van der Waals surface area contributed by atoms with Gasteiger partial charge in [0.05, 0.1) is 10.6 Å². The number of carbonyl (C=O) groups is 2. The van der Waals surface area contributed by atoms with Crippen molar-refractivity contribution in [1.29, 1.82) is 0 Å². The minimum atomic E-state index is -4.10. The van der Waals surface area contributed by atoms with Gasteiger partial charge in [-0.3, -0.25) is 13.9 Å². The van der Waals surface area contributed by atoms with Crippen LogP contribution >= 0.6 is 0 Å². The number of benzene rings is 3. The van der Waals surface area contributed by atoms with Gasteiger partial charge in [-0.1, -0.05) is 87.2 Å². The Morgan fingerprint density at radius 1 is 0.860 bits per heavy atom. The normalized spacial score (nSPS) is 14.7. The van der Waals surface area contributed by atoms with Crippen LogP contribution in [0.25, 0.3) is 0 Å². The Morgan fingerprint density at radius 2 is 1.49 bits per heavy atom. The molecule has 1 atom stereocenters. The third-order valence-corrected chi connectivity index (χ3v) is 10.2. The van der Waals surface area contributed by atoms with Crippen molar-refractivity contribution in [3.63, 3.8) is 0 Å². The number of hydrogen-bond acceptors (Lipinski definition) is 4. The van der Waals surface area contributed by atoms with E-state index in [1.54, 1.807) is 43.3 Å². The molecule has 0 heterocycles. The maximum Gasteiger partial charge on any atom is 0.264 e. The van der Waals surface area contributed by atoms with Crippen molar-refractivity contribution >= 4 is 27.5 Å². The smallest absolute Gasteiger partial charge is 0.264 e. The van der Waals surface area contributed by atoms with Crippen molar-refractivity contribution in [2.24, 2.45) is 0 Å². The summed E-state index contributed by atoms with van der Waals surface area (Å²) in [6.45, 7) is 9.48. The van der Waals surface area contributed by atoms with Crippen LogP contribution in [-0.2, 0) is 26.2 Å². The molecule has 1 N–H and O–H groups in total. The standard InChI is InChI=1S/C35H45N3O4S/c1-25(2)29-17-19-32(20-18-29)38(43(41,42)33-21-15-26(3)16-22-33)24-34(39)37(23-30-12-10-9-11-27(30)4)28(5)35(40)36-31-13-7-6-8-14-31/h9-12,15-22,25,28,31H,6-8,13-14,23-24H2,1-5H3,(H,36,40)/t28-/m1/s1. The molecule has 0 aromatic heterocycles. The fourth-order valence-corrected chi connectivity index (χ4v) is 6.93. The molecule has 0 unspecified atom stereocenters. The number of carbonyl (C=O) groups excluding carboxylic acids is 2. The molecule has 1 aliphatic rings. The van der Waals surface area contributed by atoms with Gasteiger partial charge >= 0.3 is 0 Å². The Hall–Kier alpha value is -3.65. The van der Waals surface area contributed by atoms with Crippen molar-refractivity contribution in [2.75, 3.05) is 10.8 Å². The molecular weight excluding hydrogens is 558 g/mol. The van der Waals surface area contributed by atoms with Gasteiger partial charge in [0.2, 0.25) is 11.8 Å². The Bertz CT molecular complexity index is 1490. The first-order valence-corrected chi connectivity index (χ1v) is 16.7. The lowest BCUT2D eigenvalue weighted by Gasteiger charge is -2.33. The van der Waals surface area contributed by atoms with Gasteiger partial charge in [-0.25, -0.2) is 8.42 Å². The summed E-state index contributed by atoms with van der Waals surface area (Å²) >= 11 is 0. The van der Waals surface area contributed by atoms with Crippen LogP contribution < -0.4 is 9.62 Å². The zero-order valence-corrected chi connectivity index (χ0v) is 26.9. The van der Waals surface area contributed by atoms with Crippen LogP contribution in [0.2, 0.25) is 0 Å². The van der Waals surface area contributed by atoms with Crippen LogP contribution in [0.15, 0.2) is 77.7 Å². The second-order valence-corrected chi connectivity index (χ2v) is 13.9. The lowest BCUT2D eigenvalue weighted by Crippen LogP contribution is -2.53. The summed E-state index contributed by atoms with van der Waals surface area (Å²) in [5.74, 6) is -0.396. The molecule has 0 radical (unpaired) electrons. The van der Waals surface area contributed by atoms with E-state index in [4.69, 9.17) is 0 Å². The van der Waals surface area contributed by atoms with Gasteiger partial charge in [-0.2, -0.15) is 0 Å². The Morgan fingerprint density at radius 3 is 2.09 bits per heavy atom. The van der Waals surface area contributed by atoms with Crippen LogP contribution in [0.5, 0.6) is 0 Å². The monoisotopic (exact) mass is 603 g/mol. The number of nitrogens with zero attached hydrogens (tertiary/aromatic N) is 2. The molecule has 0 spiro atoms. The predicted molar refractivity (Wildman–Crippen MR) is 172 cm³/mol. The molecule has 1 saturated carbocycles. The highest BCUT2D eigenvalue weighted by Crippen LogP contribution is 2.27. The minimum Gasteiger partial charge on any atom is -0.352 e. The lowest BCUT2D eigenvalue weighted by atomic mass is 9.95. The molecule has 43 heavy (non-hydrogen) atoms. The van der Waals surface area contributed by atoms with E-state index in [2.05, 4.69) is 19.2 Å². The molecular formula is C35H45N3O4S. The molecule has 0 saturated heterocycles. The van der Waals surface area contributed by atoms with Crippen molar-refractivity contribution in [3.05, 3.63) is 95.1 Å². The molecule has 3 aromatic rings. The number of rotatable bonds is 11. The topological polar surface area (TPSA) is 86.8 Å². The van der Waals surface area contributed by atoms with Crippen LogP contribution in [0.4, 0.5) is 5.69 Å². The second kappa shape index (κ2) is 14.2. The van der Waals surface area contributed by atoms with Crippen LogP contribution in [-0.4, -0.2) is 43.8 Å². The molecule has 0 bridgehead atoms. The van der Waals surface area contributed by atoms with E-state index in [1.165, 1.54) is 15.6 Å². The molecule has 1 fully saturated rings. The Labute approximate surface area is 257 Å². The van der Waals surface area contributed by atoms with Crippen molar-refractivity contribution in [1.82, 2.24) is 10.2 Å². The fraction of sp³-hybridized carbons (Fsp3) is 0.429. The van der Waals surface area contributed by atoms with Crippen molar-refractivity contribution < 1.29 is 18.0 Å². The predicted octanol–water partition coefficient (Wildman–Crippen LogP) is 6.49. The first-order chi connectivity index (χ1) is 20.5. The van der Waals surface area contributed by atoms with E-state index in [0.29, 0.717) is 5.69 Å². The Kier molecular flexibility index (Phi) is 10.7. The lowest BCUT2D eigenvalue weighted by molar-refractivity contribution is -0.139. The average molecular weight is 604 g/mol. The van der Waals surface area contributed by atoms with Gasteiger partial charge in [0.15, 0.2) is 0 Å². The van der Waals surface area contributed by atoms with Crippen LogP contribution in [0, 0.1) is 13.8 Å². The molecule has 7 nitrogen and oxygen atoms in total. The highest BCUT2D eigenvalue weighted by Gasteiger charge is 2.33. The van der Waals surface area contributed by atoms with E-state index in [9.17, 15) is 18.0 Å². The quantitative estimate of drug-likeness (QED) is 0.272. The third-order valence-electron chi connectivity index (χ3n) is 8.46. The highest BCUT2D eigenvalue weighted by atomic mass is 32.2. The highest BCUT2D eigenvalue weighted by molar-refractivity contribution is 7.92. The first kappa shape index (κ1) is 32.3. The van der Waals surface area contributed by atoms with E-state index < -0.39 is 28.5 Å². The maximum absolute atomic E-state index is 14.2. The number of hydrogen-bond donors (Lipinski definition) is 1. The van der Waals surface area contributed by atoms with E-state index in [-0.39, 0.29) is 29.3 Å². The summed E-state index contributed by atoms with van der Waals surface area (Å²) in [4.78, 5) is 29.3. The summed E-state index contributed by atoms with van der Waals surface area (Å²) in [5.41, 5.74) is 4.30. The van der Waals surface area contributed by atoms with E-state index in [1.807, 2.05) is 50.2 Å². The van der Waals surface area contributed by atoms with Gasteiger partial charge in [0.25, 0.3) is 10.0 Å². The summed E-state index contributed by atoms with van der Waals surface area (Å²) in [7, 11) is -4.10. The molecule has 3 aromatic carbocycles. The summed E-state index contributed by atoms with van der Waals surface area (Å²) in [6.07, 6.45) is 5.18. The number of anilines is 1. The second-order valence-electron chi connectivity index (χ2n) is 12.0. The largest absolute Gasteiger partial charge is 0.352 e. The van der Waals surface area contributed by atoms with Gasteiger partial charge < -0.3 is 10.2 Å². The average Bonchev–Trinajstić information content (AvgIpc) is 2.99. The molecule has 230 valence electrons. The summed E-state index contributed by atoms with van der Waals surface area (Å²) in [5, 5.41) is 3.15. The Balaban J connectivity index is 1.69. The summed E-state index contributed by atoms with van der Waals surface area (Å²) in [6, 6.07) is 21.0. The molecule has 1 aliphatic carbocycles. The van der Waals surface area contributed by atoms with Gasteiger partial charge in [0.1, 0.15) is 12.6 Å². The van der Waals surface area contributed by atoms with Crippen LogP contribution in [0.1, 0.15) is 81.0 Å². The molecule has 8 heteroatoms. The van der Waals surface area contributed by atoms with E-state index in [0.717, 1.165) is 47.9 Å². The van der Waals surface area contributed by atoms with Gasteiger partial charge in [-0.15, -0.1) is 0 Å². The van der Waals surface area contributed by atoms with Crippen LogP contribution in [0.3, 0.4) is 0 Å².